The van der Waals surface area contributed by atoms with Gasteiger partial charge in [0.1, 0.15) is 11.8 Å². The first-order chi connectivity index (χ1) is 8.42. The number of rotatable bonds is 5. The maximum absolute atomic E-state index is 11.0. The number of nitrogens with two attached hydrogens (primary N) is 1. The van der Waals surface area contributed by atoms with Gasteiger partial charge in [0.05, 0.1) is 13.2 Å². The Labute approximate surface area is 107 Å². The lowest BCUT2D eigenvalue weighted by atomic mass is 9.95. The monoisotopic (exact) mass is 252 g/mol. The molecule has 0 aliphatic carbocycles. The molecule has 0 fully saturated rings. The topological polar surface area (TPSA) is 84.6 Å². The molecule has 5 heteroatoms. The molecule has 2 unspecified atom stereocenters. The fraction of sp³-hybridized carbons (Fsp3) is 0.462. The zero-order valence-electron chi connectivity index (χ0n) is 11.2. The third kappa shape index (κ3) is 2.80. The van der Waals surface area contributed by atoms with Crippen LogP contribution in [0.5, 0.6) is 5.75 Å². The number of aliphatic carboxylic acids is 1. The number of hydrogen-bond donors (Lipinski definition) is 3. The Kier molecular flexibility index (Phi) is 4.69. The number of methoxy groups -OCH3 is 1. The number of nitrogens with one attached hydrogen (secondary N) is 1. The van der Waals surface area contributed by atoms with Crippen LogP contribution in [0, 0.1) is 13.8 Å². The Morgan fingerprint density at radius 1 is 1.39 bits per heavy atom. The van der Waals surface area contributed by atoms with Crippen LogP contribution in [0.15, 0.2) is 12.1 Å². The molecule has 0 aromatic heterocycles. The van der Waals surface area contributed by atoms with Crippen molar-refractivity contribution in [3.8, 4) is 5.75 Å². The predicted octanol–water partition coefficient (Wildman–Crippen LogP) is 0.984. The minimum atomic E-state index is -1.05. The van der Waals surface area contributed by atoms with Gasteiger partial charge in [-0.05, 0) is 38.1 Å². The summed E-state index contributed by atoms with van der Waals surface area (Å²) in [6.07, 6.45) is 0. The van der Waals surface area contributed by atoms with Crippen molar-refractivity contribution in [2.24, 2.45) is 5.73 Å². The van der Waals surface area contributed by atoms with E-state index in [1.54, 1.807) is 14.2 Å². The van der Waals surface area contributed by atoms with E-state index in [1.807, 2.05) is 26.0 Å². The molecule has 4 N–H and O–H groups in total. The first-order valence-electron chi connectivity index (χ1n) is 5.73. The molecular weight excluding hydrogens is 232 g/mol. The van der Waals surface area contributed by atoms with E-state index in [2.05, 4.69) is 5.32 Å². The van der Waals surface area contributed by atoms with Crippen molar-refractivity contribution in [2.45, 2.75) is 25.9 Å². The SMILES string of the molecule is CNC(c1cc(C)c(C)cc1OC)C(N)C(=O)O. The molecule has 0 spiro atoms. The van der Waals surface area contributed by atoms with Gasteiger partial charge in [0, 0.05) is 5.56 Å². The highest BCUT2D eigenvalue weighted by molar-refractivity contribution is 5.75. The molecule has 0 bridgehead atoms. The van der Waals surface area contributed by atoms with Gasteiger partial charge in [-0.1, -0.05) is 6.07 Å². The molecule has 0 aliphatic rings. The zero-order chi connectivity index (χ0) is 13.9. The van der Waals surface area contributed by atoms with E-state index in [0.29, 0.717) is 5.75 Å². The Morgan fingerprint density at radius 3 is 2.39 bits per heavy atom. The molecule has 1 aromatic rings. The van der Waals surface area contributed by atoms with Crippen LogP contribution in [0.25, 0.3) is 0 Å². The first kappa shape index (κ1) is 14.5. The normalized spacial score (nSPS) is 14.1. The van der Waals surface area contributed by atoms with Gasteiger partial charge in [-0.2, -0.15) is 0 Å². The van der Waals surface area contributed by atoms with Gasteiger partial charge in [0.25, 0.3) is 0 Å². The van der Waals surface area contributed by atoms with Crippen molar-refractivity contribution in [2.75, 3.05) is 14.2 Å². The lowest BCUT2D eigenvalue weighted by Crippen LogP contribution is -2.42. The lowest BCUT2D eigenvalue weighted by molar-refractivity contribution is -0.139. The minimum absolute atomic E-state index is 0.489. The highest BCUT2D eigenvalue weighted by atomic mass is 16.5. The molecule has 0 saturated carbocycles. The molecule has 1 rings (SSSR count). The van der Waals surface area contributed by atoms with Crippen LogP contribution in [0.3, 0.4) is 0 Å². The maximum Gasteiger partial charge on any atom is 0.322 e. The van der Waals surface area contributed by atoms with E-state index in [0.717, 1.165) is 16.7 Å². The second-order valence-electron chi connectivity index (χ2n) is 4.31. The predicted molar refractivity (Wildman–Crippen MR) is 69.9 cm³/mol. The summed E-state index contributed by atoms with van der Waals surface area (Å²) in [5.41, 5.74) is 8.62. The molecule has 0 saturated heterocycles. The van der Waals surface area contributed by atoms with Gasteiger partial charge < -0.3 is 20.9 Å². The van der Waals surface area contributed by atoms with E-state index < -0.39 is 18.1 Å². The van der Waals surface area contributed by atoms with E-state index in [4.69, 9.17) is 15.6 Å². The number of aryl methyl sites for hydroxylation is 2. The van der Waals surface area contributed by atoms with Gasteiger partial charge >= 0.3 is 5.97 Å². The lowest BCUT2D eigenvalue weighted by Gasteiger charge is -2.23. The summed E-state index contributed by atoms with van der Waals surface area (Å²) < 4.78 is 5.31. The van der Waals surface area contributed by atoms with Gasteiger partial charge in [0.2, 0.25) is 0 Å². The zero-order valence-corrected chi connectivity index (χ0v) is 11.2. The molecule has 1 aromatic carbocycles. The van der Waals surface area contributed by atoms with Crippen LogP contribution in [-0.4, -0.2) is 31.3 Å². The number of carboxylic acids is 1. The molecule has 0 amide bonds. The van der Waals surface area contributed by atoms with Gasteiger partial charge in [-0.15, -0.1) is 0 Å². The van der Waals surface area contributed by atoms with Crippen molar-refractivity contribution >= 4 is 5.97 Å². The third-order valence-electron chi connectivity index (χ3n) is 3.14. The van der Waals surface area contributed by atoms with Crippen molar-refractivity contribution in [3.63, 3.8) is 0 Å². The maximum atomic E-state index is 11.0. The largest absolute Gasteiger partial charge is 0.496 e. The molecular formula is C13H20N2O3. The Bertz CT molecular complexity index is 446. The molecule has 18 heavy (non-hydrogen) atoms. The standard InChI is InChI=1S/C13H20N2O3/c1-7-5-9(10(18-4)6-8(7)2)12(15-3)11(14)13(16)17/h5-6,11-12,15H,14H2,1-4H3,(H,16,17). The number of carboxylic acid groups (broad SMARTS) is 1. The average molecular weight is 252 g/mol. The number of benzene rings is 1. The summed E-state index contributed by atoms with van der Waals surface area (Å²) in [6.45, 7) is 3.95. The van der Waals surface area contributed by atoms with Crippen molar-refractivity contribution in [1.82, 2.24) is 5.32 Å². The summed E-state index contributed by atoms with van der Waals surface area (Å²) in [5.74, 6) is -0.399. The third-order valence-corrected chi connectivity index (χ3v) is 3.14. The van der Waals surface area contributed by atoms with Gasteiger partial charge in [-0.25, -0.2) is 0 Å². The number of likely N-dealkylation sites (N-methyl/N-ethyl adjacent to an activating group) is 1. The summed E-state index contributed by atoms with van der Waals surface area (Å²) in [4.78, 5) is 11.0. The summed E-state index contributed by atoms with van der Waals surface area (Å²) in [6, 6.07) is 2.30. The highest BCUT2D eigenvalue weighted by Crippen LogP contribution is 2.29. The van der Waals surface area contributed by atoms with Crippen molar-refractivity contribution in [1.29, 1.82) is 0 Å². The van der Waals surface area contributed by atoms with Crippen LogP contribution < -0.4 is 15.8 Å². The molecule has 0 radical (unpaired) electrons. The molecule has 5 nitrogen and oxygen atoms in total. The number of ether oxygens (including phenoxy) is 1. The molecule has 0 heterocycles. The number of carbonyl (C=O) groups is 1. The van der Waals surface area contributed by atoms with Crippen LogP contribution in [0.4, 0.5) is 0 Å². The van der Waals surface area contributed by atoms with Gasteiger partial charge in [0.15, 0.2) is 0 Å². The van der Waals surface area contributed by atoms with Crippen molar-refractivity contribution < 1.29 is 14.6 Å². The van der Waals surface area contributed by atoms with E-state index in [1.165, 1.54) is 0 Å². The van der Waals surface area contributed by atoms with E-state index in [-0.39, 0.29) is 0 Å². The fourth-order valence-corrected chi connectivity index (χ4v) is 1.90. The summed E-state index contributed by atoms with van der Waals surface area (Å²) in [5, 5.41) is 12.0. The Hall–Kier alpha value is -1.59. The van der Waals surface area contributed by atoms with Crippen molar-refractivity contribution in [3.05, 3.63) is 28.8 Å². The highest BCUT2D eigenvalue weighted by Gasteiger charge is 2.27. The first-order valence-corrected chi connectivity index (χ1v) is 5.73. The second-order valence-corrected chi connectivity index (χ2v) is 4.31. The minimum Gasteiger partial charge on any atom is -0.496 e. The molecule has 2 atom stereocenters. The van der Waals surface area contributed by atoms with Crippen LogP contribution >= 0.6 is 0 Å². The smallest absolute Gasteiger partial charge is 0.322 e. The van der Waals surface area contributed by atoms with Crippen LogP contribution in [0.1, 0.15) is 22.7 Å². The van der Waals surface area contributed by atoms with Crippen LogP contribution in [0.2, 0.25) is 0 Å². The number of hydrogen-bond acceptors (Lipinski definition) is 4. The Morgan fingerprint density at radius 2 is 1.94 bits per heavy atom. The molecule has 0 aliphatic heterocycles. The fourth-order valence-electron chi connectivity index (χ4n) is 1.90. The van der Waals surface area contributed by atoms with Crippen LogP contribution in [-0.2, 0) is 4.79 Å². The summed E-state index contributed by atoms with van der Waals surface area (Å²) >= 11 is 0. The van der Waals surface area contributed by atoms with Gasteiger partial charge in [-0.3, -0.25) is 4.79 Å². The van der Waals surface area contributed by atoms with E-state index in [9.17, 15) is 4.79 Å². The summed E-state index contributed by atoms with van der Waals surface area (Å²) in [7, 11) is 3.24. The average Bonchev–Trinajstić information content (AvgIpc) is 2.33. The van der Waals surface area contributed by atoms with E-state index >= 15 is 0 Å². The Balaban J connectivity index is 3.28. The second kappa shape index (κ2) is 5.84. The molecule has 100 valence electrons. The quantitative estimate of drug-likeness (QED) is 0.727.